The highest BCUT2D eigenvalue weighted by Crippen LogP contribution is 2.44. The Morgan fingerprint density at radius 2 is 2.00 bits per heavy atom. The molecule has 0 bridgehead atoms. The molecule has 0 aromatic heterocycles. The molecular weight excluding hydrogens is 244 g/mol. The first-order valence-corrected chi connectivity index (χ1v) is 9.01. The van der Waals surface area contributed by atoms with Gasteiger partial charge in [-0.15, -0.1) is 0 Å². The van der Waals surface area contributed by atoms with Gasteiger partial charge in [0.25, 0.3) is 0 Å². The Bertz CT molecular complexity index is 302. The van der Waals surface area contributed by atoms with E-state index in [4.69, 9.17) is 5.73 Å². The van der Waals surface area contributed by atoms with Crippen LogP contribution >= 0.6 is 0 Å². The van der Waals surface area contributed by atoms with Gasteiger partial charge in [0, 0.05) is 24.2 Å². The zero-order chi connectivity index (χ0) is 14.8. The van der Waals surface area contributed by atoms with Crippen molar-refractivity contribution < 1.29 is 0 Å². The first-order chi connectivity index (χ1) is 9.52. The van der Waals surface area contributed by atoms with Crippen LogP contribution in [0.4, 0.5) is 0 Å². The molecule has 1 aliphatic heterocycles. The van der Waals surface area contributed by atoms with E-state index in [0.29, 0.717) is 5.54 Å². The van der Waals surface area contributed by atoms with E-state index in [1.54, 1.807) is 0 Å². The molecule has 2 rings (SSSR count). The summed E-state index contributed by atoms with van der Waals surface area (Å²) in [6.45, 7) is 10.4. The molecule has 0 radical (unpaired) electrons. The molecule has 4 unspecified atom stereocenters. The zero-order valence-corrected chi connectivity index (χ0v) is 14.2. The summed E-state index contributed by atoms with van der Waals surface area (Å²) < 4.78 is 0. The van der Waals surface area contributed by atoms with E-state index >= 15 is 0 Å². The van der Waals surface area contributed by atoms with Crippen molar-refractivity contribution in [2.45, 2.75) is 96.7 Å². The third kappa shape index (κ3) is 3.22. The number of hydrogen-bond donors (Lipinski definition) is 1. The predicted molar refractivity (Wildman–Crippen MR) is 87.8 cm³/mol. The largest absolute Gasteiger partial charge is 0.329 e. The Balaban J connectivity index is 2.15. The Labute approximate surface area is 126 Å². The van der Waals surface area contributed by atoms with Gasteiger partial charge in [0.05, 0.1) is 0 Å². The van der Waals surface area contributed by atoms with Gasteiger partial charge in [-0.25, -0.2) is 0 Å². The van der Waals surface area contributed by atoms with Crippen LogP contribution in [0.3, 0.4) is 0 Å². The second kappa shape index (κ2) is 6.79. The molecule has 2 aliphatic rings. The molecule has 2 fully saturated rings. The van der Waals surface area contributed by atoms with Gasteiger partial charge in [-0.2, -0.15) is 0 Å². The first-order valence-electron chi connectivity index (χ1n) is 9.01. The molecule has 118 valence electrons. The highest BCUT2D eigenvalue weighted by atomic mass is 15.3. The van der Waals surface area contributed by atoms with Gasteiger partial charge < -0.3 is 5.73 Å². The van der Waals surface area contributed by atoms with E-state index in [9.17, 15) is 0 Å². The number of hydrogen-bond acceptors (Lipinski definition) is 2. The average molecular weight is 280 g/mol. The number of nitrogens with zero attached hydrogens (tertiary/aromatic N) is 1. The Kier molecular flexibility index (Phi) is 5.53. The van der Waals surface area contributed by atoms with Gasteiger partial charge in [-0.05, 0) is 57.3 Å². The van der Waals surface area contributed by atoms with Crippen molar-refractivity contribution in [1.82, 2.24) is 4.90 Å². The van der Waals surface area contributed by atoms with Crippen LogP contribution in [0.5, 0.6) is 0 Å². The monoisotopic (exact) mass is 280 g/mol. The molecule has 0 spiro atoms. The minimum atomic E-state index is 0.314. The fraction of sp³-hybridized carbons (Fsp3) is 1.00. The van der Waals surface area contributed by atoms with Crippen LogP contribution in [0.15, 0.2) is 0 Å². The third-order valence-electron chi connectivity index (χ3n) is 5.91. The first kappa shape index (κ1) is 16.3. The van der Waals surface area contributed by atoms with Crippen LogP contribution < -0.4 is 5.73 Å². The fourth-order valence-corrected chi connectivity index (χ4v) is 5.18. The summed E-state index contributed by atoms with van der Waals surface area (Å²) in [5.74, 6) is 1.73. The summed E-state index contributed by atoms with van der Waals surface area (Å²) in [6, 6.07) is 1.52. The minimum absolute atomic E-state index is 0.314. The average Bonchev–Trinajstić information content (AvgIpc) is 2.80. The maximum atomic E-state index is 6.35. The molecule has 1 aliphatic carbocycles. The SMILES string of the molecule is CCC1CCC(C)N1C1(CN)CCCC(CC(C)C)C1. The van der Waals surface area contributed by atoms with Gasteiger partial charge >= 0.3 is 0 Å². The quantitative estimate of drug-likeness (QED) is 0.818. The standard InChI is InChI=1S/C18H36N2/c1-5-17-9-8-15(4)20(17)18(13-19)10-6-7-16(12-18)11-14(2)3/h14-17H,5-13,19H2,1-4H3. The second-order valence-electron chi connectivity index (χ2n) is 7.92. The van der Waals surface area contributed by atoms with Crippen LogP contribution in [-0.2, 0) is 0 Å². The molecule has 1 saturated heterocycles. The lowest BCUT2D eigenvalue weighted by Gasteiger charge is -2.51. The minimum Gasteiger partial charge on any atom is -0.329 e. The fourth-order valence-electron chi connectivity index (χ4n) is 5.18. The molecule has 2 N–H and O–H groups in total. The van der Waals surface area contributed by atoms with Crippen LogP contribution in [0.1, 0.15) is 79.1 Å². The molecular formula is C18H36N2. The Morgan fingerprint density at radius 3 is 2.60 bits per heavy atom. The van der Waals surface area contributed by atoms with E-state index in [0.717, 1.165) is 30.5 Å². The molecule has 2 nitrogen and oxygen atoms in total. The van der Waals surface area contributed by atoms with Gasteiger partial charge in [-0.3, -0.25) is 4.90 Å². The molecule has 4 atom stereocenters. The molecule has 1 heterocycles. The van der Waals surface area contributed by atoms with Crippen molar-refractivity contribution in [3.8, 4) is 0 Å². The maximum absolute atomic E-state index is 6.35. The molecule has 1 saturated carbocycles. The van der Waals surface area contributed by atoms with Crippen molar-refractivity contribution in [3.05, 3.63) is 0 Å². The van der Waals surface area contributed by atoms with Crippen molar-refractivity contribution in [2.75, 3.05) is 6.54 Å². The summed E-state index contributed by atoms with van der Waals surface area (Å²) in [7, 11) is 0. The van der Waals surface area contributed by atoms with Gasteiger partial charge in [0.15, 0.2) is 0 Å². The smallest absolute Gasteiger partial charge is 0.0340 e. The summed E-state index contributed by atoms with van der Waals surface area (Å²) in [5, 5.41) is 0. The highest BCUT2D eigenvalue weighted by Gasteiger charge is 2.46. The van der Waals surface area contributed by atoms with Crippen molar-refractivity contribution >= 4 is 0 Å². The van der Waals surface area contributed by atoms with Gasteiger partial charge in [0.1, 0.15) is 0 Å². The predicted octanol–water partition coefficient (Wildman–Crippen LogP) is 4.18. The number of rotatable bonds is 5. The van der Waals surface area contributed by atoms with Crippen LogP contribution in [0.25, 0.3) is 0 Å². The molecule has 0 amide bonds. The molecule has 20 heavy (non-hydrogen) atoms. The van der Waals surface area contributed by atoms with E-state index < -0.39 is 0 Å². The van der Waals surface area contributed by atoms with E-state index in [1.165, 1.54) is 51.4 Å². The Morgan fingerprint density at radius 1 is 1.25 bits per heavy atom. The van der Waals surface area contributed by atoms with Crippen molar-refractivity contribution in [3.63, 3.8) is 0 Å². The number of nitrogens with two attached hydrogens (primary N) is 1. The lowest BCUT2D eigenvalue weighted by molar-refractivity contribution is -0.00307. The lowest BCUT2D eigenvalue weighted by atomic mass is 9.71. The van der Waals surface area contributed by atoms with E-state index in [1.807, 2.05) is 0 Å². The van der Waals surface area contributed by atoms with Crippen molar-refractivity contribution in [2.24, 2.45) is 17.6 Å². The Hall–Kier alpha value is -0.0800. The van der Waals surface area contributed by atoms with Gasteiger partial charge in [-0.1, -0.05) is 33.6 Å². The number of likely N-dealkylation sites (tertiary alicyclic amines) is 1. The second-order valence-corrected chi connectivity index (χ2v) is 7.92. The van der Waals surface area contributed by atoms with Crippen molar-refractivity contribution in [1.29, 1.82) is 0 Å². The normalized spacial score (nSPS) is 39.6. The molecule has 2 heteroatoms. The molecule has 0 aromatic rings. The zero-order valence-electron chi connectivity index (χ0n) is 14.2. The van der Waals surface area contributed by atoms with Crippen LogP contribution in [0, 0.1) is 11.8 Å². The summed E-state index contributed by atoms with van der Waals surface area (Å²) in [5.41, 5.74) is 6.66. The third-order valence-corrected chi connectivity index (χ3v) is 5.91. The molecule has 0 aromatic carbocycles. The highest BCUT2D eigenvalue weighted by molar-refractivity contribution is 5.03. The van der Waals surface area contributed by atoms with Crippen LogP contribution in [-0.4, -0.2) is 29.1 Å². The summed E-state index contributed by atoms with van der Waals surface area (Å²) in [4.78, 5) is 2.86. The summed E-state index contributed by atoms with van der Waals surface area (Å²) in [6.07, 6.45) is 10.9. The van der Waals surface area contributed by atoms with Gasteiger partial charge in [0.2, 0.25) is 0 Å². The van der Waals surface area contributed by atoms with E-state index in [-0.39, 0.29) is 0 Å². The van der Waals surface area contributed by atoms with Crippen LogP contribution in [0.2, 0.25) is 0 Å². The van der Waals surface area contributed by atoms with E-state index in [2.05, 4.69) is 32.6 Å². The maximum Gasteiger partial charge on any atom is 0.0340 e. The summed E-state index contributed by atoms with van der Waals surface area (Å²) >= 11 is 0. The lowest BCUT2D eigenvalue weighted by Crippen LogP contribution is -2.60. The topological polar surface area (TPSA) is 29.3 Å².